The molecule has 1 aliphatic rings. The van der Waals surface area contributed by atoms with E-state index < -0.39 is 18.0 Å². The third-order valence-electron chi connectivity index (χ3n) is 6.06. The van der Waals surface area contributed by atoms with Crippen molar-refractivity contribution in [3.8, 4) is 17.2 Å². The number of carbonyl (C=O) groups excluding carboxylic acids is 2. The Hall–Kier alpha value is -4.75. The molecule has 1 aliphatic heterocycles. The molecule has 1 unspecified atom stereocenters. The summed E-state index contributed by atoms with van der Waals surface area (Å²) in [5, 5.41) is 33.6. The molecule has 0 bridgehead atoms. The average molecular weight is 549 g/mol. The molecule has 5 rings (SSSR count). The maximum Gasteiger partial charge on any atom is 0.467 e. The van der Waals surface area contributed by atoms with Crippen molar-refractivity contribution in [1.29, 1.82) is 0 Å². The van der Waals surface area contributed by atoms with Gasteiger partial charge in [0, 0.05) is 39.8 Å². The van der Waals surface area contributed by atoms with E-state index in [1.807, 2.05) is 67.8 Å². The number of hydrogen-bond acceptors (Lipinski definition) is 10. The van der Waals surface area contributed by atoms with Crippen molar-refractivity contribution in [2.24, 2.45) is 7.05 Å². The van der Waals surface area contributed by atoms with Crippen LogP contribution in [-0.4, -0.2) is 87.1 Å². The predicted molar refractivity (Wildman–Crippen MR) is 141 cm³/mol. The van der Waals surface area contributed by atoms with E-state index in [4.69, 9.17) is 29.3 Å². The fourth-order valence-electron chi connectivity index (χ4n) is 4.12. The zero-order valence-electron chi connectivity index (χ0n) is 21.8. The van der Waals surface area contributed by atoms with Crippen molar-refractivity contribution < 1.29 is 34.4 Å². The van der Waals surface area contributed by atoms with Gasteiger partial charge in [-0.15, -0.1) is 0 Å². The van der Waals surface area contributed by atoms with Gasteiger partial charge in [0.2, 0.25) is 0 Å². The number of nitrogens with zero attached hydrogens (tertiary/aromatic N) is 6. The monoisotopic (exact) mass is 548 g/mol. The lowest BCUT2D eigenvalue weighted by Gasteiger charge is -2.36. The molecular weight excluding hydrogens is 520 g/mol. The second kappa shape index (κ2) is 13.4. The molecule has 1 N–H and O–H groups in total. The molecule has 1 atom stereocenters. The smallest absolute Gasteiger partial charge is 0.467 e. The van der Waals surface area contributed by atoms with E-state index in [1.54, 1.807) is 11.0 Å². The maximum absolute atomic E-state index is 10.5. The summed E-state index contributed by atoms with van der Waals surface area (Å²) in [7, 11) is 1.88. The van der Waals surface area contributed by atoms with Crippen LogP contribution in [0.15, 0.2) is 67.1 Å². The second-order valence-electron chi connectivity index (χ2n) is 8.92. The molecule has 40 heavy (non-hydrogen) atoms. The average Bonchev–Trinajstić information content (AvgIpc) is 3.35. The highest BCUT2D eigenvalue weighted by Crippen LogP contribution is 2.24. The van der Waals surface area contributed by atoms with Crippen molar-refractivity contribution in [2.75, 3.05) is 44.2 Å². The van der Waals surface area contributed by atoms with E-state index >= 15 is 0 Å². The normalized spacial score (nSPS) is 14.2. The lowest BCUT2D eigenvalue weighted by atomic mass is 10.2. The molecule has 4 aromatic rings. The molecule has 2 aromatic carbocycles. The van der Waals surface area contributed by atoms with Crippen LogP contribution in [-0.2, 0) is 26.8 Å². The third kappa shape index (κ3) is 7.65. The molecule has 13 nitrogen and oxygen atoms in total. The fourth-order valence-corrected chi connectivity index (χ4v) is 4.12. The van der Waals surface area contributed by atoms with E-state index in [2.05, 4.69) is 24.9 Å². The van der Waals surface area contributed by atoms with E-state index in [9.17, 15) is 5.11 Å². The van der Waals surface area contributed by atoms with Crippen LogP contribution < -0.4 is 14.4 Å². The van der Waals surface area contributed by atoms with Gasteiger partial charge < -0.3 is 19.5 Å². The molecule has 2 aromatic heterocycles. The van der Waals surface area contributed by atoms with Crippen molar-refractivity contribution in [3.63, 3.8) is 0 Å². The molecule has 3 heterocycles. The number of aliphatic hydroxyl groups is 1. The van der Waals surface area contributed by atoms with Gasteiger partial charge in [-0.3, -0.25) is 9.58 Å². The van der Waals surface area contributed by atoms with Crippen LogP contribution in [0.5, 0.6) is 17.2 Å². The summed E-state index contributed by atoms with van der Waals surface area (Å²) < 4.78 is 13.3. The number of hydrogen-bond donors (Lipinski definition) is 1. The van der Waals surface area contributed by atoms with Crippen molar-refractivity contribution in [3.05, 3.63) is 67.1 Å². The highest BCUT2D eigenvalue weighted by atomic mass is 16.5. The van der Waals surface area contributed by atoms with Gasteiger partial charge in [-0.25, -0.2) is 29.8 Å². The van der Waals surface area contributed by atoms with Crippen LogP contribution in [0.1, 0.15) is 0 Å². The molecule has 0 amide bonds. The molecule has 1 saturated heterocycles. The molecule has 1 fully saturated rings. The number of β-amino-alcohol motifs (C(OH)–C–C–N with tert-alkyl or cyclic N) is 1. The van der Waals surface area contributed by atoms with E-state index in [1.165, 1.54) is 0 Å². The Labute approximate surface area is 229 Å². The van der Waals surface area contributed by atoms with Gasteiger partial charge in [-0.05, 0) is 36.4 Å². The predicted octanol–water partition coefficient (Wildman–Crippen LogP) is 1.62. The van der Waals surface area contributed by atoms with Gasteiger partial charge in [0.05, 0.1) is 11.6 Å². The molecule has 2 radical (unpaired) electrons. The summed E-state index contributed by atoms with van der Waals surface area (Å²) in [4.78, 5) is 31.2. The quantitative estimate of drug-likeness (QED) is 0.320. The number of aromatic nitrogens is 4. The third-order valence-corrected chi connectivity index (χ3v) is 6.06. The van der Waals surface area contributed by atoms with Gasteiger partial charge in [0.1, 0.15) is 42.1 Å². The van der Waals surface area contributed by atoms with Gasteiger partial charge in [0.25, 0.3) is 0 Å². The largest absolute Gasteiger partial charge is 0.491 e. The minimum Gasteiger partial charge on any atom is -0.491 e. The zero-order valence-corrected chi connectivity index (χ0v) is 21.8. The number of piperazine rings is 1. The Balaban J connectivity index is 0.000000557. The number of rotatable bonds is 8. The highest BCUT2D eigenvalue weighted by molar-refractivity contribution is 6.27. The fraction of sp³-hybridized carbons (Fsp3) is 0.296. The van der Waals surface area contributed by atoms with Crippen LogP contribution in [0.25, 0.3) is 11.0 Å². The number of fused-ring (bicyclic) bond motifs is 1. The van der Waals surface area contributed by atoms with Crippen LogP contribution in [0.4, 0.5) is 5.82 Å². The summed E-state index contributed by atoms with van der Waals surface area (Å²) in [5.74, 6) is -1.22. The number of ether oxygens (including phenoxy) is 2. The van der Waals surface area contributed by atoms with Crippen molar-refractivity contribution >= 4 is 28.8 Å². The first-order valence-corrected chi connectivity index (χ1v) is 12.5. The van der Waals surface area contributed by atoms with Crippen molar-refractivity contribution in [2.45, 2.75) is 6.10 Å². The van der Waals surface area contributed by atoms with Crippen molar-refractivity contribution in [1.82, 2.24) is 24.6 Å². The Morgan fingerprint density at radius 2 is 1.52 bits per heavy atom. The molecule has 0 saturated carbocycles. The Kier molecular flexibility index (Phi) is 9.44. The zero-order chi connectivity index (χ0) is 28.5. The summed E-state index contributed by atoms with van der Waals surface area (Å²) in [5.41, 5.74) is 0.833. The number of benzene rings is 2. The summed E-state index contributed by atoms with van der Waals surface area (Å²) in [6, 6.07) is 17.1. The number of anilines is 1. The number of carbonyl (C=O) groups is 2. The standard InChI is InChI=1S/C25H28N6O3.C2O4/c1-29-24-23(15-28-29)25(27-18-26-24)31-13-11-30(12-14-31)16-19(32)17-33-20-7-9-22(10-8-20)34-21-5-3-2-4-6-21;3-1(4)2(5)6/h2-10,15,18-19,32H,11-14,16-17H2,1H3;. The van der Waals surface area contributed by atoms with Crippen LogP contribution in [0.2, 0.25) is 0 Å². The Bertz CT molecular complexity index is 1390. The van der Waals surface area contributed by atoms with Crippen LogP contribution in [0.3, 0.4) is 0 Å². The minimum absolute atomic E-state index is 0.237. The molecule has 0 aliphatic carbocycles. The molecular formula is C27H28N6O7. The second-order valence-corrected chi connectivity index (χ2v) is 8.92. The lowest BCUT2D eigenvalue weighted by Crippen LogP contribution is -2.49. The van der Waals surface area contributed by atoms with E-state index in [-0.39, 0.29) is 6.61 Å². The summed E-state index contributed by atoms with van der Waals surface area (Å²) in [6.45, 7) is 4.15. The van der Waals surface area contributed by atoms with Gasteiger partial charge in [-0.1, -0.05) is 18.2 Å². The number of para-hydroxylation sites is 1. The molecule has 13 heteroatoms. The first kappa shape index (κ1) is 28.3. The Morgan fingerprint density at radius 1 is 0.900 bits per heavy atom. The molecule has 0 spiro atoms. The van der Waals surface area contributed by atoms with Crippen LogP contribution in [0, 0.1) is 0 Å². The van der Waals surface area contributed by atoms with Crippen LogP contribution >= 0.6 is 0 Å². The topological polar surface area (TPSA) is 163 Å². The first-order chi connectivity index (χ1) is 19.3. The van der Waals surface area contributed by atoms with Gasteiger partial charge in [0.15, 0.2) is 5.65 Å². The number of aliphatic hydroxyl groups excluding tert-OH is 1. The Morgan fingerprint density at radius 3 is 2.17 bits per heavy atom. The van der Waals surface area contributed by atoms with E-state index in [0.717, 1.165) is 54.5 Å². The minimum atomic E-state index is -2.19. The number of aryl methyl sites for hydroxylation is 1. The first-order valence-electron chi connectivity index (χ1n) is 12.5. The molecule has 208 valence electrons. The summed E-state index contributed by atoms with van der Waals surface area (Å²) in [6.07, 6.45) is 2.84. The highest BCUT2D eigenvalue weighted by Gasteiger charge is 2.22. The maximum atomic E-state index is 10.5. The SMILES string of the molecule is Cn1ncc2c(N3CCN(CC(O)COc4ccc(Oc5ccccc5)cc4)CC3)ncnc21.[O]C(=O)C([O])=O. The van der Waals surface area contributed by atoms with E-state index in [0.29, 0.717) is 12.3 Å². The van der Waals surface area contributed by atoms with Gasteiger partial charge >= 0.3 is 11.9 Å². The van der Waals surface area contributed by atoms with Gasteiger partial charge in [-0.2, -0.15) is 5.10 Å². The lowest BCUT2D eigenvalue weighted by molar-refractivity contribution is -0.167. The summed E-state index contributed by atoms with van der Waals surface area (Å²) >= 11 is 0.